The summed E-state index contributed by atoms with van der Waals surface area (Å²) in [6.07, 6.45) is 4.26. The van der Waals surface area contributed by atoms with E-state index < -0.39 is 0 Å². The van der Waals surface area contributed by atoms with E-state index >= 15 is 0 Å². The molecular formula is C9H10N4OS. The summed E-state index contributed by atoms with van der Waals surface area (Å²) in [6, 6.07) is 0.656. The van der Waals surface area contributed by atoms with Gasteiger partial charge in [0.25, 0.3) is 0 Å². The lowest BCUT2D eigenvalue weighted by molar-refractivity contribution is 0.367. The van der Waals surface area contributed by atoms with Gasteiger partial charge in [-0.1, -0.05) is 5.16 Å². The number of hydrogen-bond donors (Lipinski definition) is 1. The highest BCUT2D eigenvalue weighted by atomic mass is 32.1. The Morgan fingerprint density at radius 1 is 1.53 bits per heavy atom. The highest BCUT2D eigenvalue weighted by Crippen LogP contribution is 2.21. The van der Waals surface area contributed by atoms with Crippen molar-refractivity contribution in [2.45, 2.75) is 25.4 Å². The molecule has 15 heavy (non-hydrogen) atoms. The first-order valence-corrected chi connectivity index (χ1v) is 5.74. The van der Waals surface area contributed by atoms with Crippen molar-refractivity contribution in [3.63, 3.8) is 0 Å². The second-order valence-electron chi connectivity index (χ2n) is 3.53. The average molecular weight is 222 g/mol. The number of nitrogens with zero attached hydrogens (tertiary/aromatic N) is 3. The molecule has 0 aliphatic heterocycles. The first-order valence-electron chi connectivity index (χ1n) is 4.86. The molecule has 1 aliphatic rings. The Kier molecular flexibility index (Phi) is 2.22. The molecule has 6 heteroatoms. The molecule has 1 fully saturated rings. The van der Waals surface area contributed by atoms with Crippen molar-refractivity contribution in [3.8, 4) is 10.7 Å². The Labute approximate surface area is 90.5 Å². The fourth-order valence-electron chi connectivity index (χ4n) is 1.27. The van der Waals surface area contributed by atoms with Crippen LogP contribution in [0.1, 0.15) is 18.7 Å². The van der Waals surface area contributed by atoms with Gasteiger partial charge < -0.3 is 9.84 Å². The predicted molar refractivity (Wildman–Crippen MR) is 55.3 cm³/mol. The molecule has 0 atom stereocenters. The van der Waals surface area contributed by atoms with E-state index in [1.165, 1.54) is 24.2 Å². The Bertz CT molecular complexity index is 435. The maximum atomic E-state index is 5.12. The fourth-order valence-corrected chi connectivity index (χ4v) is 1.82. The number of thiazole rings is 1. The summed E-state index contributed by atoms with van der Waals surface area (Å²) >= 11 is 1.51. The standard InChI is InChI=1S/C9H10N4OS/c1-2-6(1)11-4-8-12-9(13-14-8)7-3-10-5-15-7/h3,5-6,11H,1-2,4H2. The summed E-state index contributed by atoms with van der Waals surface area (Å²) in [5.41, 5.74) is 1.76. The normalized spacial score (nSPS) is 15.7. The van der Waals surface area contributed by atoms with E-state index in [4.69, 9.17) is 4.52 Å². The maximum absolute atomic E-state index is 5.12. The molecule has 0 amide bonds. The van der Waals surface area contributed by atoms with Gasteiger partial charge in [0.15, 0.2) is 0 Å². The summed E-state index contributed by atoms with van der Waals surface area (Å²) < 4.78 is 5.12. The van der Waals surface area contributed by atoms with Crippen LogP contribution in [-0.2, 0) is 6.54 Å². The minimum atomic E-state index is 0.630. The molecule has 1 saturated carbocycles. The van der Waals surface area contributed by atoms with Crippen molar-refractivity contribution in [2.75, 3.05) is 0 Å². The molecule has 1 aliphatic carbocycles. The minimum Gasteiger partial charge on any atom is -0.338 e. The van der Waals surface area contributed by atoms with Gasteiger partial charge >= 0.3 is 0 Å². The van der Waals surface area contributed by atoms with Crippen LogP contribution in [0.25, 0.3) is 10.7 Å². The highest BCUT2D eigenvalue weighted by molar-refractivity contribution is 7.13. The van der Waals surface area contributed by atoms with Crippen LogP contribution in [0.2, 0.25) is 0 Å². The zero-order valence-electron chi connectivity index (χ0n) is 8.01. The monoisotopic (exact) mass is 222 g/mol. The molecule has 0 radical (unpaired) electrons. The van der Waals surface area contributed by atoms with E-state index in [2.05, 4.69) is 20.4 Å². The van der Waals surface area contributed by atoms with Gasteiger partial charge in [-0.15, -0.1) is 11.3 Å². The molecular weight excluding hydrogens is 212 g/mol. The van der Waals surface area contributed by atoms with Crippen LogP contribution in [0.3, 0.4) is 0 Å². The summed E-state index contributed by atoms with van der Waals surface area (Å²) in [4.78, 5) is 9.20. The van der Waals surface area contributed by atoms with Gasteiger partial charge in [0.05, 0.1) is 16.9 Å². The third-order valence-corrected chi connectivity index (χ3v) is 3.01. The predicted octanol–water partition coefficient (Wildman–Crippen LogP) is 1.45. The van der Waals surface area contributed by atoms with Gasteiger partial charge in [0.1, 0.15) is 0 Å². The Morgan fingerprint density at radius 2 is 2.47 bits per heavy atom. The Balaban J connectivity index is 1.69. The summed E-state index contributed by atoms with van der Waals surface area (Å²) in [7, 11) is 0. The molecule has 5 nitrogen and oxygen atoms in total. The van der Waals surface area contributed by atoms with Crippen molar-refractivity contribution in [1.29, 1.82) is 0 Å². The lowest BCUT2D eigenvalue weighted by atomic mass is 10.5. The van der Waals surface area contributed by atoms with E-state index in [9.17, 15) is 0 Å². The highest BCUT2D eigenvalue weighted by Gasteiger charge is 2.21. The fraction of sp³-hybridized carbons (Fsp3) is 0.444. The second kappa shape index (κ2) is 3.71. The van der Waals surface area contributed by atoms with Gasteiger partial charge in [-0.2, -0.15) is 4.98 Å². The lowest BCUT2D eigenvalue weighted by Crippen LogP contribution is -2.15. The molecule has 0 spiro atoms. The molecule has 1 N–H and O–H groups in total. The molecule has 78 valence electrons. The number of aromatic nitrogens is 3. The SMILES string of the molecule is c1ncc(-c2noc(CNC3CC3)n2)s1. The van der Waals surface area contributed by atoms with Crippen molar-refractivity contribution in [3.05, 3.63) is 17.6 Å². The van der Waals surface area contributed by atoms with E-state index in [0.717, 1.165) is 4.88 Å². The topological polar surface area (TPSA) is 63.8 Å². The third kappa shape index (κ3) is 2.05. The second-order valence-corrected chi connectivity index (χ2v) is 4.42. The third-order valence-electron chi connectivity index (χ3n) is 2.24. The van der Waals surface area contributed by atoms with Gasteiger partial charge in [-0.05, 0) is 12.8 Å². The minimum absolute atomic E-state index is 0.630. The average Bonchev–Trinajstić information content (AvgIpc) is 2.78. The van der Waals surface area contributed by atoms with Crippen molar-refractivity contribution < 1.29 is 4.52 Å². The number of nitrogens with one attached hydrogen (secondary N) is 1. The smallest absolute Gasteiger partial charge is 0.240 e. The van der Waals surface area contributed by atoms with Crippen LogP contribution in [0, 0.1) is 0 Å². The Morgan fingerprint density at radius 3 is 3.20 bits per heavy atom. The first kappa shape index (κ1) is 8.99. The van der Waals surface area contributed by atoms with Crippen LogP contribution in [0.4, 0.5) is 0 Å². The van der Waals surface area contributed by atoms with Gasteiger partial charge in [0, 0.05) is 12.2 Å². The van der Waals surface area contributed by atoms with E-state index in [-0.39, 0.29) is 0 Å². The summed E-state index contributed by atoms with van der Waals surface area (Å²) in [5, 5.41) is 7.22. The molecule has 0 aromatic carbocycles. The van der Waals surface area contributed by atoms with Crippen molar-refractivity contribution >= 4 is 11.3 Å². The van der Waals surface area contributed by atoms with Crippen LogP contribution >= 0.6 is 11.3 Å². The van der Waals surface area contributed by atoms with Crippen LogP contribution in [0.15, 0.2) is 16.2 Å². The van der Waals surface area contributed by atoms with E-state index in [1.54, 1.807) is 11.7 Å². The largest absolute Gasteiger partial charge is 0.338 e. The molecule has 0 unspecified atom stereocenters. The maximum Gasteiger partial charge on any atom is 0.240 e. The molecule has 0 saturated heterocycles. The zero-order chi connectivity index (χ0) is 10.1. The lowest BCUT2D eigenvalue weighted by Gasteiger charge is -1.94. The van der Waals surface area contributed by atoms with Gasteiger partial charge in [-0.25, -0.2) is 0 Å². The molecule has 3 rings (SSSR count). The van der Waals surface area contributed by atoms with Crippen molar-refractivity contribution in [2.24, 2.45) is 0 Å². The quantitative estimate of drug-likeness (QED) is 0.848. The summed E-state index contributed by atoms with van der Waals surface area (Å²) in [5.74, 6) is 1.27. The number of rotatable bonds is 4. The Hall–Kier alpha value is -1.27. The van der Waals surface area contributed by atoms with Crippen LogP contribution in [0.5, 0.6) is 0 Å². The summed E-state index contributed by atoms with van der Waals surface area (Å²) in [6.45, 7) is 0.663. The van der Waals surface area contributed by atoms with E-state index in [0.29, 0.717) is 24.3 Å². The number of hydrogen-bond acceptors (Lipinski definition) is 6. The zero-order valence-corrected chi connectivity index (χ0v) is 8.83. The van der Waals surface area contributed by atoms with Crippen molar-refractivity contribution in [1.82, 2.24) is 20.4 Å². The molecule has 2 aromatic heterocycles. The molecule has 2 heterocycles. The van der Waals surface area contributed by atoms with Crippen LogP contribution < -0.4 is 5.32 Å². The molecule has 2 aromatic rings. The van der Waals surface area contributed by atoms with Crippen LogP contribution in [-0.4, -0.2) is 21.2 Å². The first-order chi connectivity index (χ1) is 7.42. The van der Waals surface area contributed by atoms with E-state index in [1.807, 2.05) is 0 Å². The van der Waals surface area contributed by atoms with Gasteiger partial charge in [0.2, 0.25) is 11.7 Å². The molecule has 0 bridgehead atoms. The van der Waals surface area contributed by atoms with Gasteiger partial charge in [-0.3, -0.25) is 4.98 Å².